The highest BCUT2D eigenvalue weighted by atomic mass is 32.2. The molecule has 1 aromatic carbocycles. The van der Waals surface area contributed by atoms with E-state index in [4.69, 9.17) is 4.74 Å². The highest BCUT2D eigenvalue weighted by Gasteiger charge is 2.32. The summed E-state index contributed by atoms with van der Waals surface area (Å²) in [7, 11) is -3.25. The molecule has 1 saturated heterocycles. The summed E-state index contributed by atoms with van der Waals surface area (Å²) in [6, 6.07) is 6.19. The van der Waals surface area contributed by atoms with Crippen LogP contribution in [0.15, 0.2) is 47.9 Å². The highest BCUT2D eigenvalue weighted by Crippen LogP contribution is 2.23. The lowest BCUT2D eigenvalue weighted by atomic mass is 10.2. The van der Waals surface area contributed by atoms with Crippen molar-refractivity contribution >= 4 is 21.6 Å². The molecule has 1 aliphatic heterocycles. The zero-order valence-electron chi connectivity index (χ0n) is 11.9. The van der Waals surface area contributed by atoms with Crippen molar-refractivity contribution in [3.63, 3.8) is 0 Å². The predicted octanol–water partition coefficient (Wildman–Crippen LogP) is 1.31. The van der Waals surface area contributed by atoms with Crippen molar-refractivity contribution in [2.24, 2.45) is 0 Å². The van der Waals surface area contributed by atoms with Crippen molar-refractivity contribution in [1.29, 1.82) is 0 Å². The maximum absolute atomic E-state index is 12.0. The van der Waals surface area contributed by atoms with E-state index in [1.165, 1.54) is 17.0 Å². The van der Waals surface area contributed by atoms with Crippen LogP contribution in [0.25, 0.3) is 0 Å². The maximum Gasteiger partial charge on any atom is 0.414 e. The molecule has 0 aliphatic carbocycles. The minimum atomic E-state index is -3.25. The van der Waals surface area contributed by atoms with Crippen LogP contribution in [-0.4, -0.2) is 43.0 Å². The number of carbonyl (C=O) groups is 1. The van der Waals surface area contributed by atoms with Gasteiger partial charge in [-0.2, -0.15) is 0 Å². The van der Waals surface area contributed by atoms with Crippen LogP contribution >= 0.6 is 0 Å². The molecule has 0 bridgehead atoms. The fourth-order valence-electron chi connectivity index (χ4n) is 2.33. The lowest BCUT2D eigenvalue weighted by Gasteiger charge is -2.13. The van der Waals surface area contributed by atoms with Gasteiger partial charge in [0.1, 0.15) is 6.10 Å². The van der Waals surface area contributed by atoms with Gasteiger partial charge in [-0.3, -0.25) is 4.90 Å². The summed E-state index contributed by atoms with van der Waals surface area (Å²) in [5, 5.41) is 0. The number of hydrogen-bond acceptors (Lipinski definition) is 5. The van der Waals surface area contributed by atoms with Crippen LogP contribution in [-0.2, 0) is 21.1 Å². The molecule has 0 N–H and O–H groups in total. The average molecular weight is 321 g/mol. The number of amides is 1. The van der Waals surface area contributed by atoms with E-state index in [2.05, 4.69) is 4.98 Å². The van der Waals surface area contributed by atoms with Crippen LogP contribution in [0.5, 0.6) is 0 Å². The average Bonchev–Trinajstić information content (AvgIpc) is 3.08. The molecule has 0 saturated carbocycles. The summed E-state index contributed by atoms with van der Waals surface area (Å²) < 4.78 is 30.1. The van der Waals surface area contributed by atoms with E-state index in [1.807, 2.05) is 4.57 Å². The molecule has 1 fully saturated rings. The number of rotatable bonds is 4. The fraction of sp³-hybridized carbons (Fsp3) is 0.286. The molecule has 22 heavy (non-hydrogen) atoms. The Morgan fingerprint density at radius 1 is 1.32 bits per heavy atom. The summed E-state index contributed by atoms with van der Waals surface area (Å²) in [4.78, 5) is 17.6. The molecule has 116 valence electrons. The molecule has 1 amide bonds. The lowest BCUT2D eigenvalue weighted by molar-refractivity contribution is 0.132. The molecule has 3 rings (SSSR count). The Hall–Kier alpha value is -2.35. The Bertz CT molecular complexity index is 769. The van der Waals surface area contributed by atoms with E-state index in [1.54, 1.807) is 30.9 Å². The normalized spacial score (nSPS) is 18.5. The first kappa shape index (κ1) is 14.6. The minimum Gasteiger partial charge on any atom is -0.442 e. The monoisotopic (exact) mass is 321 g/mol. The van der Waals surface area contributed by atoms with Gasteiger partial charge in [0.15, 0.2) is 9.84 Å². The maximum atomic E-state index is 12.0. The van der Waals surface area contributed by atoms with Crippen molar-refractivity contribution < 1.29 is 17.9 Å². The van der Waals surface area contributed by atoms with E-state index in [0.29, 0.717) is 18.8 Å². The van der Waals surface area contributed by atoms with Gasteiger partial charge in [-0.1, -0.05) is 0 Å². The smallest absolute Gasteiger partial charge is 0.414 e. The number of ether oxygens (including phenoxy) is 1. The molecular formula is C14H15N3O4S. The zero-order chi connectivity index (χ0) is 15.7. The van der Waals surface area contributed by atoms with Gasteiger partial charge in [0.25, 0.3) is 0 Å². The van der Waals surface area contributed by atoms with Gasteiger partial charge in [-0.05, 0) is 24.3 Å². The Morgan fingerprint density at radius 2 is 2.05 bits per heavy atom. The largest absolute Gasteiger partial charge is 0.442 e. The Balaban J connectivity index is 1.73. The number of hydrogen-bond donors (Lipinski definition) is 0. The number of carbonyl (C=O) groups excluding carboxylic acids is 1. The molecule has 1 aromatic heterocycles. The Kier molecular flexibility index (Phi) is 3.61. The number of nitrogens with zero attached hydrogens (tertiary/aromatic N) is 3. The van der Waals surface area contributed by atoms with E-state index in [0.717, 1.165) is 6.26 Å². The molecule has 8 heteroatoms. The van der Waals surface area contributed by atoms with Gasteiger partial charge in [-0.25, -0.2) is 18.2 Å². The van der Waals surface area contributed by atoms with Crippen LogP contribution in [0.3, 0.4) is 0 Å². The highest BCUT2D eigenvalue weighted by molar-refractivity contribution is 7.90. The first-order valence-corrected chi connectivity index (χ1v) is 8.56. The number of aromatic nitrogens is 2. The Morgan fingerprint density at radius 3 is 2.64 bits per heavy atom. The van der Waals surface area contributed by atoms with Crippen LogP contribution in [0, 0.1) is 0 Å². The quantitative estimate of drug-likeness (QED) is 0.848. The number of imidazole rings is 1. The predicted molar refractivity (Wildman–Crippen MR) is 79.4 cm³/mol. The van der Waals surface area contributed by atoms with Gasteiger partial charge < -0.3 is 9.30 Å². The molecule has 1 atom stereocenters. The third kappa shape index (κ3) is 2.96. The topological polar surface area (TPSA) is 81.5 Å². The van der Waals surface area contributed by atoms with Crippen molar-refractivity contribution in [2.75, 3.05) is 17.7 Å². The van der Waals surface area contributed by atoms with Gasteiger partial charge in [0, 0.05) is 24.3 Å². The summed E-state index contributed by atoms with van der Waals surface area (Å²) >= 11 is 0. The molecule has 7 nitrogen and oxygen atoms in total. The number of anilines is 1. The number of sulfone groups is 1. The van der Waals surface area contributed by atoms with Crippen molar-refractivity contribution in [3.05, 3.63) is 43.0 Å². The lowest BCUT2D eigenvalue weighted by Crippen LogP contribution is -2.25. The molecule has 1 aliphatic rings. The van der Waals surface area contributed by atoms with E-state index in [-0.39, 0.29) is 11.0 Å². The molecule has 0 spiro atoms. The number of benzene rings is 1. The van der Waals surface area contributed by atoms with E-state index >= 15 is 0 Å². The second kappa shape index (κ2) is 5.45. The van der Waals surface area contributed by atoms with Crippen LogP contribution in [0.2, 0.25) is 0 Å². The molecule has 0 unspecified atom stereocenters. The summed E-state index contributed by atoms with van der Waals surface area (Å²) in [6.45, 7) is 0.943. The van der Waals surface area contributed by atoms with Crippen LogP contribution < -0.4 is 4.90 Å². The third-order valence-corrected chi connectivity index (χ3v) is 4.55. The van der Waals surface area contributed by atoms with E-state index in [9.17, 15) is 13.2 Å². The third-order valence-electron chi connectivity index (χ3n) is 3.42. The second-order valence-electron chi connectivity index (χ2n) is 5.14. The van der Waals surface area contributed by atoms with Crippen LogP contribution in [0.4, 0.5) is 10.5 Å². The molecule has 2 heterocycles. The minimum absolute atomic E-state index is 0.221. The Labute approximate surface area is 128 Å². The van der Waals surface area contributed by atoms with E-state index < -0.39 is 15.9 Å². The van der Waals surface area contributed by atoms with Crippen molar-refractivity contribution in [1.82, 2.24) is 9.55 Å². The van der Waals surface area contributed by atoms with Crippen LogP contribution in [0.1, 0.15) is 0 Å². The first-order valence-electron chi connectivity index (χ1n) is 6.67. The molecular weight excluding hydrogens is 306 g/mol. The standard InChI is InChI=1S/C14H15N3O4S/c1-22(19,20)13-4-2-11(3-5-13)17-9-12(21-14(17)18)8-16-7-6-15-10-16/h2-7,10,12H,8-9H2,1H3/t12-/m1/s1. The molecule has 0 radical (unpaired) electrons. The summed E-state index contributed by atoms with van der Waals surface area (Å²) in [5.41, 5.74) is 0.616. The van der Waals surface area contributed by atoms with Crippen molar-refractivity contribution in [2.45, 2.75) is 17.5 Å². The zero-order valence-corrected chi connectivity index (χ0v) is 12.7. The molecule has 2 aromatic rings. The SMILES string of the molecule is CS(=O)(=O)c1ccc(N2C[C@@H](Cn3ccnc3)OC2=O)cc1. The first-order chi connectivity index (χ1) is 10.4. The summed E-state index contributed by atoms with van der Waals surface area (Å²) in [6.07, 6.45) is 5.58. The van der Waals surface area contributed by atoms with Gasteiger partial charge >= 0.3 is 6.09 Å². The van der Waals surface area contributed by atoms with Gasteiger partial charge in [0.2, 0.25) is 0 Å². The number of cyclic esters (lactones) is 1. The fourth-order valence-corrected chi connectivity index (χ4v) is 2.96. The van der Waals surface area contributed by atoms with Crippen molar-refractivity contribution in [3.8, 4) is 0 Å². The van der Waals surface area contributed by atoms with Gasteiger partial charge in [0.05, 0.1) is 24.3 Å². The summed E-state index contributed by atoms with van der Waals surface area (Å²) in [5.74, 6) is 0. The second-order valence-corrected chi connectivity index (χ2v) is 7.16. The van der Waals surface area contributed by atoms with Gasteiger partial charge in [-0.15, -0.1) is 0 Å².